The molecule has 1 atom stereocenters. The van der Waals surface area contributed by atoms with Crippen LogP contribution in [-0.2, 0) is 11.2 Å². The lowest BCUT2D eigenvalue weighted by molar-refractivity contribution is -0.138. The van der Waals surface area contributed by atoms with Gasteiger partial charge in [0.2, 0.25) is 5.91 Å². The molecule has 150 valence electrons. The van der Waals surface area contributed by atoms with E-state index in [-0.39, 0.29) is 30.3 Å². The Bertz CT molecular complexity index is 835. The summed E-state index contributed by atoms with van der Waals surface area (Å²) in [5.74, 6) is 1.49. The quantitative estimate of drug-likeness (QED) is 0.752. The Labute approximate surface area is 165 Å². The average Bonchev–Trinajstić information content (AvgIpc) is 2.71. The van der Waals surface area contributed by atoms with Crippen molar-refractivity contribution in [2.45, 2.75) is 26.3 Å². The summed E-state index contributed by atoms with van der Waals surface area (Å²) in [7, 11) is 3.20. The number of hydrogen-bond donors (Lipinski definition) is 0. The van der Waals surface area contributed by atoms with Gasteiger partial charge in [-0.05, 0) is 53.9 Å². The highest BCUT2D eigenvalue weighted by Crippen LogP contribution is 2.38. The fourth-order valence-corrected chi connectivity index (χ4v) is 3.51. The molecule has 0 radical (unpaired) electrons. The molecule has 1 aliphatic heterocycles. The molecular weight excluding hydrogens is 361 g/mol. The van der Waals surface area contributed by atoms with Crippen LogP contribution < -0.4 is 14.2 Å². The Kier molecular flexibility index (Phi) is 6.07. The molecule has 1 amide bonds. The van der Waals surface area contributed by atoms with Gasteiger partial charge in [-0.1, -0.05) is 13.8 Å². The smallest absolute Gasteiger partial charge is 0.225 e. The van der Waals surface area contributed by atoms with Crippen molar-refractivity contribution in [3.63, 3.8) is 0 Å². The van der Waals surface area contributed by atoms with Gasteiger partial charge in [0.05, 0.1) is 20.3 Å². The maximum atomic E-state index is 13.2. The van der Waals surface area contributed by atoms with Crippen LogP contribution in [-0.4, -0.2) is 38.2 Å². The standard InChI is InChI=1S/C22H26FNO4/c1-14(2)22(25)24-10-9-15-11-20(26-3)21(27-4)12-18(15)19(24)13-28-17-7-5-16(23)6-8-17/h5-8,11-12,14,19H,9-10,13H2,1-4H3/t19-/m0/s1. The third kappa shape index (κ3) is 4.06. The van der Waals surface area contributed by atoms with Gasteiger partial charge in [-0.3, -0.25) is 4.79 Å². The third-order valence-corrected chi connectivity index (χ3v) is 5.00. The summed E-state index contributed by atoms with van der Waals surface area (Å²) >= 11 is 0. The van der Waals surface area contributed by atoms with E-state index >= 15 is 0 Å². The first-order valence-corrected chi connectivity index (χ1v) is 9.38. The lowest BCUT2D eigenvalue weighted by atomic mass is 9.91. The predicted octanol–water partition coefficient (Wildman–Crippen LogP) is 4.00. The summed E-state index contributed by atoms with van der Waals surface area (Å²) in [4.78, 5) is 14.7. The molecule has 1 heterocycles. The number of methoxy groups -OCH3 is 2. The molecule has 5 nitrogen and oxygen atoms in total. The van der Waals surface area contributed by atoms with Crippen molar-refractivity contribution in [2.24, 2.45) is 5.92 Å². The van der Waals surface area contributed by atoms with Crippen molar-refractivity contribution in [3.05, 3.63) is 53.3 Å². The molecule has 0 aliphatic carbocycles. The second kappa shape index (κ2) is 8.50. The van der Waals surface area contributed by atoms with E-state index in [4.69, 9.17) is 14.2 Å². The van der Waals surface area contributed by atoms with Gasteiger partial charge in [0.1, 0.15) is 18.2 Å². The minimum absolute atomic E-state index is 0.0770. The number of rotatable bonds is 6. The highest BCUT2D eigenvalue weighted by Gasteiger charge is 2.33. The Morgan fingerprint density at radius 2 is 1.79 bits per heavy atom. The average molecular weight is 387 g/mol. The molecule has 2 aromatic carbocycles. The van der Waals surface area contributed by atoms with Crippen molar-refractivity contribution in [3.8, 4) is 17.2 Å². The normalized spacial score (nSPS) is 15.9. The van der Waals surface area contributed by atoms with Gasteiger partial charge in [-0.2, -0.15) is 0 Å². The van der Waals surface area contributed by atoms with Crippen LogP contribution in [0.1, 0.15) is 31.0 Å². The predicted molar refractivity (Wildman–Crippen MR) is 104 cm³/mol. The van der Waals surface area contributed by atoms with Crippen LogP contribution in [0.5, 0.6) is 17.2 Å². The first-order chi connectivity index (χ1) is 13.4. The van der Waals surface area contributed by atoms with Gasteiger partial charge in [0.15, 0.2) is 11.5 Å². The van der Waals surface area contributed by atoms with E-state index in [9.17, 15) is 9.18 Å². The van der Waals surface area contributed by atoms with Crippen LogP contribution in [0.3, 0.4) is 0 Å². The maximum Gasteiger partial charge on any atom is 0.225 e. The SMILES string of the molecule is COc1cc2c(cc1OC)[C@H](COc1ccc(F)cc1)N(C(=O)C(C)C)CC2. The molecule has 0 N–H and O–H groups in total. The molecule has 0 fully saturated rings. The number of ether oxygens (including phenoxy) is 3. The zero-order chi connectivity index (χ0) is 20.3. The van der Waals surface area contributed by atoms with Gasteiger partial charge in [0, 0.05) is 12.5 Å². The van der Waals surface area contributed by atoms with E-state index in [1.807, 2.05) is 30.9 Å². The molecule has 2 aromatic rings. The molecule has 0 spiro atoms. The highest BCUT2D eigenvalue weighted by molar-refractivity contribution is 5.79. The number of carbonyl (C=O) groups is 1. The topological polar surface area (TPSA) is 48.0 Å². The van der Waals surface area contributed by atoms with Gasteiger partial charge < -0.3 is 19.1 Å². The molecule has 1 aliphatic rings. The summed E-state index contributed by atoms with van der Waals surface area (Å²) < 4.78 is 29.9. The van der Waals surface area contributed by atoms with E-state index < -0.39 is 0 Å². The van der Waals surface area contributed by atoms with Crippen LogP contribution in [0.25, 0.3) is 0 Å². The monoisotopic (exact) mass is 387 g/mol. The number of benzene rings is 2. The van der Waals surface area contributed by atoms with Crippen LogP contribution in [0.4, 0.5) is 4.39 Å². The molecule has 0 bridgehead atoms. The van der Waals surface area contributed by atoms with Crippen molar-refractivity contribution in [1.29, 1.82) is 0 Å². The van der Waals surface area contributed by atoms with Crippen molar-refractivity contribution in [2.75, 3.05) is 27.4 Å². The highest BCUT2D eigenvalue weighted by atomic mass is 19.1. The number of nitrogens with zero attached hydrogens (tertiary/aromatic N) is 1. The summed E-state index contributed by atoms with van der Waals surface area (Å²) in [6, 6.07) is 9.51. The van der Waals surface area contributed by atoms with Gasteiger partial charge >= 0.3 is 0 Å². The third-order valence-electron chi connectivity index (χ3n) is 5.00. The number of halogens is 1. The van der Waals surface area contributed by atoms with E-state index in [0.29, 0.717) is 23.8 Å². The molecule has 0 aromatic heterocycles. The van der Waals surface area contributed by atoms with Crippen molar-refractivity contribution < 1.29 is 23.4 Å². The second-order valence-corrected chi connectivity index (χ2v) is 7.12. The fourth-order valence-electron chi connectivity index (χ4n) is 3.51. The van der Waals surface area contributed by atoms with Gasteiger partial charge in [-0.15, -0.1) is 0 Å². The zero-order valence-corrected chi connectivity index (χ0v) is 16.7. The summed E-state index contributed by atoms with van der Waals surface area (Å²) in [6.45, 7) is 4.66. The molecule has 3 rings (SSSR count). The Balaban J connectivity index is 1.95. The van der Waals surface area contributed by atoms with Crippen LogP contribution >= 0.6 is 0 Å². The second-order valence-electron chi connectivity index (χ2n) is 7.12. The minimum atomic E-state index is -0.316. The van der Waals surface area contributed by atoms with E-state index in [1.165, 1.54) is 12.1 Å². The van der Waals surface area contributed by atoms with Gasteiger partial charge in [0.25, 0.3) is 0 Å². The van der Waals surface area contributed by atoms with Gasteiger partial charge in [-0.25, -0.2) is 4.39 Å². The zero-order valence-electron chi connectivity index (χ0n) is 16.7. The van der Waals surface area contributed by atoms with E-state index in [2.05, 4.69) is 0 Å². The molecule has 0 unspecified atom stereocenters. The lowest BCUT2D eigenvalue weighted by Gasteiger charge is -2.38. The summed E-state index contributed by atoms with van der Waals surface area (Å²) in [6.07, 6.45) is 0.737. The van der Waals surface area contributed by atoms with Crippen LogP contribution in [0, 0.1) is 11.7 Å². The summed E-state index contributed by atoms with van der Waals surface area (Å²) in [5.41, 5.74) is 2.10. The number of amides is 1. The lowest BCUT2D eigenvalue weighted by Crippen LogP contribution is -2.44. The number of carbonyl (C=O) groups excluding carboxylic acids is 1. The fraction of sp³-hybridized carbons (Fsp3) is 0.409. The van der Waals surface area contributed by atoms with Crippen molar-refractivity contribution in [1.82, 2.24) is 4.90 Å². The Morgan fingerprint density at radius 3 is 2.39 bits per heavy atom. The molecule has 0 saturated heterocycles. The van der Waals surface area contributed by atoms with Crippen molar-refractivity contribution >= 4 is 5.91 Å². The molecule has 28 heavy (non-hydrogen) atoms. The van der Waals surface area contributed by atoms with E-state index in [1.54, 1.807) is 26.4 Å². The number of hydrogen-bond acceptors (Lipinski definition) is 4. The first kappa shape index (κ1) is 20.0. The minimum Gasteiger partial charge on any atom is -0.493 e. The Morgan fingerprint density at radius 1 is 1.14 bits per heavy atom. The molecular formula is C22H26FNO4. The van der Waals surface area contributed by atoms with E-state index in [0.717, 1.165) is 17.5 Å². The van der Waals surface area contributed by atoms with Crippen LogP contribution in [0.2, 0.25) is 0 Å². The first-order valence-electron chi connectivity index (χ1n) is 9.38. The largest absolute Gasteiger partial charge is 0.493 e. The van der Waals surface area contributed by atoms with Crippen LogP contribution in [0.15, 0.2) is 36.4 Å². The Hall–Kier alpha value is -2.76. The molecule has 6 heteroatoms. The summed E-state index contributed by atoms with van der Waals surface area (Å²) in [5, 5.41) is 0. The molecule has 0 saturated carbocycles. The maximum absolute atomic E-state index is 13.2. The number of fused-ring (bicyclic) bond motifs is 1.